The van der Waals surface area contributed by atoms with Crippen molar-refractivity contribution < 1.29 is 61.1 Å². The maximum atomic E-state index is 13.5. The summed E-state index contributed by atoms with van der Waals surface area (Å²) in [5, 5.41) is 40.9. The lowest BCUT2D eigenvalue weighted by Gasteiger charge is -2.36. The fraction of sp³-hybridized carbons (Fsp3) is 0.323. The van der Waals surface area contributed by atoms with Gasteiger partial charge in [0.05, 0.1) is 23.3 Å². The molecule has 242 valence electrons. The third kappa shape index (κ3) is 5.99. The quantitative estimate of drug-likeness (QED) is 0.192. The predicted octanol–water partition coefficient (Wildman–Crippen LogP) is 2.69. The zero-order valence-corrected chi connectivity index (χ0v) is 23.6. The van der Waals surface area contributed by atoms with E-state index in [2.05, 4.69) is 0 Å². The second-order valence-electron chi connectivity index (χ2n) is 11.5. The van der Waals surface area contributed by atoms with E-state index in [1.54, 1.807) is 0 Å². The van der Waals surface area contributed by atoms with Crippen LogP contribution in [-0.2, 0) is 12.8 Å². The Morgan fingerprint density at radius 3 is 2.22 bits per heavy atom. The van der Waals surface area contributed by atoms with Crippen molar-refractivity contribution in [1.82, 2.24) is 4.58 Å². The van der Waals surface area contributed by atoms with Crippen LogP contribution in [0.2, 0.25) is 0 Å². The van der Waals surface area contributed by atoms with Gasteiger partial charge in [-0.2, -0.15) is 26.3 Å². The van der Waals surface area contributed by atoms with Crippen LogP contribution in [0.25, 0.3) is 5.57 Å². The van der Waals surface area contributed by atoms with Crippen LogP contribution < -0.4 is 24.8 Å². The molecule has 46 heavy (non-hydrogen) atoms. The van der Waals surface area contributed by atoms with Crippen molar-refractivity contribution in [1.29, 1.82) is 0 Å². The average molecular weight is 652 g/mol. The first kappa shape index (κ1) is 31.4. The molecule has 0 radical (unpaired) electrons. The number of ether oxygens (including phenoxy) is 1. The first-order valence-corrected chi connectivity index (χ1v) is 14.0. The maximum absolute atomic E-state index is 13.5. The number of benzene rings is 3. The summed E-state index contributed by atoms with van der Waals surface area (Å²) in [6.45, 7) is -3.47. The maximum Gasteiger partial charge on any atom is 0.448 e. The highest BCUT2D eigenvalue weighted by atomic mass is 19.4. The topological polar surface area (TPSA) is 131 Å². The second-order valence-corrected chi connectivity index (χ2v) is 11.5. The number of hydrogen-bond acceptors (Lipinski definition) is 6. The Bertz CT molecular complexity index is 1920. The largest absolute Gasteiger partial charge is 0.478 e. The lowest BCUT2D eigenvalue weighted by atomic mass is 9.85. The van der Waals surface area contributed by atoms with Gasteiger partial charge in [0.1, 0.15) is 24.1 Å². The molecule has 0 spiro atoms. The number of rotatable bonds is 5. The minimum Gasteiger partial charge on any atom is -0.478 e. The number of aromatic carboxylic acids is 2. The molecule has 9 nitrogen and oxygen atoms in total. The standard InChI is InChI=1S/C31H24F6N2O7/c32-30(33,34)12-38-10-17(40)3-15-6-21-25(8-23(15)38)46-26-9-24-16(4-18(41)11-39(24)13-31(35,36)37)7-22(26)27(21)20-5-14(28(42)43)1-2-19(20)29(44)45/h1-2,5-9,17-18,40-41H,3-4,10-13H2,(H-,42,43,44,45)/p+1/t17-,18+. The molecule has 2 atom stereocenters. The van der Waals surface area contributed by atoms with Crippen molar-refractivity contribution in [3.8, 4) is 11.5 Å². The van der Waals surface area contributed by atoms with Gasteiger partial charge in [0.25, 0.3) is 0 Å². The van der Waals surface area contributed by atoms with Crippen LogP contribution in [-0.4, -0.2) is 83.1 Å². The lowest BCUT2D eigenvalue weighted by molar-refractivity contribution is -0.130. The highest BCUT2D eigenvalue weighted by Gasteiger charge is 2.39. The minimum absolute atomic E-state index is 0.0547. The van der Waals surface area contributed by atoms with E-state index in [-0.39, 0.29) is 92.6 Å². The number of hydrogen-bond donors (Lipinski definition) is 4. The highest BCUT2D eigenvalue weighted by Crippen LogP contribution is 2.43. The Balaban J connectivity index is 1.70. The number of aliphatic hydroxyl groups excluding tert-OH is 2. The number of alkyl halides is 6. The number of carboxylic acids is 2. The van der Waals surface area contributed by atoms with Gasteiger partial charge < -0.3 is 30.1 Å². The number of anilines is 1. The van der Waals surface area contributed by atoms with Gasteiger partial charge in [-0.1, -0.05) is 0 Å². The number of nitrogens with zero attached hydrogens (tertiary/aromatic N) is 2. The summed E-state index contributed by atoms with van der Waals surface area (Å²) in [6.07, 6.45) is -11.7. The molecule has 0 unspecified atom stereocenters. The minimum atomic E-state index is -4.63. The van der Waals surface area contributed by atoms with E-state index in [1.165, 1.54) is 24.3 Å². The molecule has 15 heteroatoms. The monoisotopic (exact) mass is 651 g/mol. The normalized spacial score (nSPS) is 19.1. The molecule has 3 aliphatic heterocycles. The van der Waals surface area contributed by atoms with E-state index >= 15 is 0 Å². The molecule has 0 aromatic heterocycles. The molecule has 0 aliphatic carbocycles. The van der Waals surface area contributed by atoms with Gasteiger partial charge >= 0.3 is 24.3 Å². The Hall–Kier alpha value is -4.63. The Labute approximate surface area is 255 Å². The molecular formula is C31H25F6N2O7+. The molecule has 0 saturated carbocycles. The third-order valence-electron chi connectivity index (χ3n) is 8.08. The molecule has 0 saturated heterocycles. The molecule has 0 amide bonds. The van der Waals surface area contributed by atoms with E-state index in [1.807, 2.05) is 0 Å². The van der Waals surface area contributed by atoms with E-state index in [4.69, 9.17) is 4.74 Å². The van der Waals surface area contributed by atoms with Crippen LogP contribution in [0.5, 0.6) is 11.5 Å². The molecule has 3 aromatic carbocycles. The van der Waals surface area contributed by atoms with Gasteiger partial charge in [0, 0.05) is 53.1 Å². The molecule has 6 rings (SSSR count). The van der Waals surface area contributed by atoms with Crippen molar-refractivity contribution >= 4 is 23.2 Å². The van der Waals surface area contributed by atoms with Crippen LogP contribution in [0.1, 0.15) is 43.0 Å². The molecule has 3 heterocycles. The van der Waals surface area contributed by atoms with Crippen molar-refractivity contribution in [2.24, 2.45) is 0 Å². The lowest BCUT2D eigenvalue weighted by Crippen LogP contribution is -2.48. The van der Waals surface area contributed by atoms with Gasteiger partial charge in [-0.25, -0.2) is 14.2 Å². The van der Waals surface area contributed by atoms with Gasteiger partial charge in [-0.15, -0.1) is 0 Å². The van der Waals surface area contributed by atoms with E-state index in [0.29, 0.717) is 0 Å². The smallest absolute Gasteiger partial charge is 0.448 e. The van der Waals surface area contributed by atoms with E-state index in [9.17, 15) is 56.4 Å². The highest BCUT2D eigenvalue weighted by molar-refractivity contribution is 6.01. The van der Waals surface area contributed by atoms with Crippen LogP contribution >= 0.6 is 0 Å². The molecule has 0 fully saturated rings. The van der Waals surface area contributed by atoms with Crippen molar-refractivity contribution in [3.05, 3.63) is 86.4 Å². The van der Waals surface area contributed by atoms with Gasteiger partial charge in [-0.3, -0.25) is 0 Å². The summed E-state index contributed by atoms with van der Waals surface area (Å²) in [4.78, 5) is 25.2. The van der Waals surface area contributed by atoms with Crippen molar-refractivity contribution in [2.45, 2.75) is 37.4 Å². The van der Waals surface area contributed by atoms with Gasteiger partial charge in [0.15, 0.2) is 6.54 Å². The third-order valence-corrected chi connectivity index (χ3v) is 8.08. The number of β-amino-alcohol motifs (C(OH)–C–C–N with tert-alkyl or cyclic N) is 2. The Morgan fingerprint density at radius 2 is 1.57 bits per heavy atom. The summed E-state index contributed by atoms with van der Waals surface area (Å²) in [5.74, 6) is -2.91. The van der Waals surface area contributed by atoms with Crippen molar-refractivity contribution in [2.75, 3.05) is 31.1 Å². The molecule has 4 N–H and O–H groups in total. The van der Waals surface area contributed by atoms with Crippen LogP contribution in [0, 0.1) is 0 Å². The van der Waals surface area contributed by atoms with Gasteiger partial charge in [0.2, 0.25) is 11.9 Å². The number of halogens is 6. The first-order chi connectivity index (χ1) is 21.5. The molecule has 3 aliphatic rings. The zero-order chi connectivity index (χ0) is 33.3. The summed E-state index contributed by atoms with van der Waals surface area (Å²) in [6, 6.07) is 8.77. The molecule has 3 aromatic rings. The number of aliphatic hydroxyl groups is 2. The Morgan fingerprint density at radius 1 is 0.848 bits per heavy atom. The average Bonchev–Trinajstić information content (AvgIpc) is 2.92. The molecule has 0 bridgehead atoms. The SMILES string of the molecule is O=C(O)c1ccc(C(=O)O)c(C2=c3cc4c(cc3Oc3cc5c(cc32)C[C@@H](O)CN5CC(F)(F)F)=[N+](CC(F)(F)F)C[C@@H](O)C4)c1. The number of fused-ring (bicyclic) bond motifs is 4. The number of carboxylic acid groups (broad SMARTS) is 2. The summed E-state index contributed by atoms with van der Waals surface area (Å²) in [7, 11) is 0. The first-order valence-electron chi connectivity index (χ1n) is 14.0. The fourth-order valence-electron chi connectivity index (χ4n) is 6.40. The summed E-state index contributed by atoms with van der Waals surface area (Å²) < 4.78 is 87.9. The fourth-order valence-corrected chi connectivity index (χ4v) is 6.40. The van der Waals surface area contributed by atoms with E-state index in [0.717, 1.165) is 27.7 Å². The van der Waals surface area contributed by atoms with Crippen LogP contribution in [0.4, 0.5) is 32.0 Å². The van der Waals surface area contributed by atoms with E-state index < -0.39 is 49.6 Å². The molecular weight excluding hydrogens is 626 g/mol. The van der Waals surface area contributed by atoms with Crippen molar-refractivity contribution in [3.63, 3.8) is 0 Å². The van der Waals surface area contributed by atoms with Crippen LogP contribution in [0.3, 0.4) is 0 Å². The van der Waals surface area contributed by atoms with Crippen LogP contribution in [0.15, 0.2) is 42.5 Å². The summed E-state index contributed by atoms with van der Waals surface area (Å²) >= 11 is 0. The Kier molecular flexibility index (Phi) is 7.51. The second kappa shape index (κ2) is 11.0. The number of carbonyl (C=O) groups is 2. The van der Waals surface area contributed by atoms with Gasteiger partial charge in [-0.05, 0) is 41.5 Å². The predicted molar refractivity (Wildman–Crippen MR) is 149 cm³/mol. The summed E-state index contributed by atoms with van der Waals surface area (Å²) in [5.41, 5.74) is 0.215. The zero-order valence-electron chi connectivity index (χ0n) is 23.6.